The summed E-state index contributed by atoms with van der Waals surface area (Å²) in [7, 11) is 3.16. The average molecular weight is 461 g/mol. The summed E-state index contributed by atoms with van der Waals surface area (Å²) >= 11 is 0. The second-order valence-corrected chi connectivity index (χ2v) is 5.23. The lowest BCUT2D eigenvalue weighted by atomic mass is 10.1. The molecule has 0 saturated heterocycles. The molecule has 0 spiro atoms. The normalized spacial score (nSPS) is 11.0. The van der Waals surface area contributed by atoms with Crippen LogP contribution in [0.3, 0.4) is 0 Å². The molecule has 25 heavy (non-hydrogen) atoms. The molecule has 0 aliphatic heterocycles. The standard InChI is InChI=1S/C18H21F2N3O.HI/c1-21-18(23-11-14-5-3-4-6-16(14)19)22-10-13-7-8-17(20)15(9-13)12-24-2;/h3-9H,10-12H2,1-2H3,(H2,21,22,23);1H. The third kappa shape index (κ3) is 6.58. The first-order chi connectivity index (χ1) is 11.6. The van der Waals surface area contributed by atoms with Gasteiger partial charge in [0.15, 0.2) is 5.96 Å². The zero-order valence-electron chi connectivity index (χ0n) is 14.2. The van der Waals surface area contributed by atoms with Crippen LogP contribution in [0.2, 0.25) is 0 Å². The molecule has 0 unspecified atom stereocenters. The first-order valence-electron chi connectivity index (χ1n) is 7.58. The Morgan fingerprint density at radius 1 is 1.00 bits per heavy atom. The van der Waals surface area contributed by atoms with Gasteiger partial charge in [-0.05, 0) is 23.8 Å². The third-order valence-corrected chi connectivity index (χ3v) is 3.50. The predicted octanol–water partition coefficient (Wildman–Crippen LogP) is 3.59. The molecule has 0 atom stereocenters. The Morgan fingerprint density at radius 2 is 1.68 bits per heavy atom. The van der Waals surface area contributed by atoms with Gasteiger partial charge >= 0.3 is 0 Å². The lowest BCUT2D eigenvalue weighted by Gasteiger charge is -2.13. The van der Waals surface area contributed by atoms with E-state index in [1.807, 2.05) is 0 Å². The molecule has 136 valence electrons. The second-order valence-electron chi connectivity index (χ2n) is 5.23. The van der Waals surface area contributed by atoms with Gasteiger partial charge in [0, 0.05) is 38.4 Å². The maximum atomic E-state index is 13.6. The fraction of sp³-hybridized carbons (Fsp3) is 0.278. The van der Waals surface area contributed by atoms with Gasteiger partial charge in [0.1, 0.15) is 11.6 Å². The molecule has 0 aromatic heterocycles. The number of hydrogen-bond acceptors (Lipinski definition) is 2. The highest BCUT2D eigenvalue weighted by atomic mass is 127. The molecule has 0 aliphatic rings. The van der Waals surface area contributed by atoms with Crippen LogP contribution in [-0.4, -0.2) is 20.1 Å². The van der Waals surface area contributed by atoms with Crippen molar-refractivity contribution >= 4 is 29.9 Å². The summed E-state index contributed by atoms with van der Waals surface area (Å²) in [5.41, 5.74) is 1.97. The third-order valence-electron chi connectivity index (χ3n) is 3.50. The van der Waals surface area contributed by atoms with Crippen molar-refractivity contribution in [2.24, 2.45) is 4.99 Å². The van der Waals surface area contributed by atoms with Crippen LogP contribution in [0.5, 0.6) is 0 Å². The number of nitrogens with zero attached hydrogens (tertiary/aromatic N) is 1. The Labute approximate surface area is 163 Å². The quantitative estimate of drug-likeness (QED) is 0.393. The topological polar surface area (TPSA) is 45.7 Å². The Morgan fingerprint density at radius 3 is 2.36 bits per heavy atom. The SMILES string of the molecule is CN=C(NCc1ccc(F)c(COC)c1)NCc1ccccc1F.I. The van der Waals surface area contributed by atoms with Crippen molar-refractivity contribution in [1.82, 2.24) is 10.6 Å². The molecule has 0 saturated carbocycles. The smallest absolute Gasteiger partial charge is 0.191 e. The highest BCUT2D eigenvalue weighted by Crippen LogP contribution is 2.11. The van der Waals surface area contributed by atoms with Gasteiger partial charge in [0.05, 0.1) is 6.61 Å². The number of aliphatic imine (C=N–C) groups is 1. The van der Waals surface area contributed by atoms with E-state index in [-0.39, 0.29) is 42.2 Å². The van der Waals surface area contributed by atoms with Crippen LogP contribution in [0.25, 0.3) is 0 Å². The van der Waals surface area contributed by atoms with Crippen molar-refractivity contribution in [3.05, 3.63) is 70.8 Å². The van der Waals surface area contributed by atoms with Crippen molar-refractivity contribution in [2.75, 3.05) is 14.2 Å². The van der Waals surface area contributed by atoms with Gasteiger partial charge in [-0.25, -0.2) is 8.78 Å². The van der Waals surface area contributed by atoms with E-state index in [1.165, 1.54) is 19.2 Å². The fourth-order valence-corrected chi connectivity index (χ4v) is 2.23. The first kappa shape index (κ1) is 21.3. The van der Waals surface area contributed by atoms with Crippen LogP contribution >= 0.6 is 24.0 Å². The van der Waals surface area contributed by atoms with Crippen LogP contribution in [0.15, 0.2) is 47.5 Å². The molecular weight excluding hydrogens is 439 g/mol. The summed E-state index contributed by atoms with van der Waals surface area (Å²) in [5, 5.41) is 6.17. The Kier molecular flexibility index (Phi) is 9.36. The van der Waals surface area contributed by atoms with Crippen molar-refractivity contribution in [3.63, 3.8) is 0 Å². The minimum absolute atomic E-state index is 0. The second kappa shape index (κ2) is 11.0. The van der Waals surface area contributed by atoms with E-state index in [1.54, 1.807) is 37.4 Å². The van der Waals surface area contributed by atoms with Crippen molar-refractivity contribution in [3.8, 4) is 0 Å². The van der Waals surface area contributed by atoms with Gasteiger partial charge in [-0.2, -0.15) is 0 Å². The van der Waals surface area contributed by atoms with Crippen molar-refractivity contribution in [2.45, 2.75) is 19.7 Å². The fourth-order valence-electron chi connectivity index (χ4n) is 2.23. The molecule has 0 bridgehead atoms. The van der Waals surface area contributed by atoms with E-state index in [0.29, 0.717) is 30.2 Å². The molecule has 4 nitrogen and oxygen atoms in total. The van der Waals surface area contributed by atoms with Gasteiger partial charge in [-0.3, -0.25) is 4.99 Å². The van der Waals surface area contributed by atoms with E-state index in [2.05, 4.69) is 15.6 Å². The Balaban J connectivity index is 0.00000312. The molecule has 2 aromatic rings. The molecular formula is C18H22F2IN3O. The minimum Gasteiger partial charge on any atom is -0.380 e. The molecule has 0 radical (unpaired) electrons. The van der Waals surface area contributed by atoms with E-state index in [0.717, 1.165) is 5.56 Å². The zero-order valence-corrected chi connectivity index (χ0v) is 16.5. The lowest BCUT2D eigenvalue weighted by Crippen LogP contribution is -2.36. The van der Waals surface area contributed by atoms with Gasteiger partial charge in [-0.15, -0.1) is 24.0 Å². The molecule has 2 rings (SSSR count). The van der Waals surface area contributed by atoms with Crippen molar-refractivity contribution < 1.29 is 13.5 Å². The van der Waals surface area contributed by atoms with Crippen LogP contribution in [0.4, 0.5) is 8.78 Å². The van der Waals surface area contributed by atoms with Gasteiger partial charge < -0.3 is 15.4 Å². The Hall–Kier alpha value is -1.74. The maximum absolute atomic E-state index is 13.6. The monoisotopic (exact) mass is 461 g/mol. The van der Waals surface area contributed by atoms with Crippen LogP contribution in [0, 0.1) is 11.6 Å². The average Bonchev–Trinajstić information content (AvgIpc) is 2.59. The molecule has 0 aliphatic carbocycles. The molecule has 0 amide bonds. The molecule has 2 aromatic carbocycles. The number of nitrogens with one attached hydrogen (secondary N) is 2. The predicted molar refractivity (Wildman–Crippen MR) is 106 cm³/mol. The molecule has 2 N–H and O–H groups in total. The summed E-state index contributed by atoms with van der Waals surface area (Å²) in [6, 6.07) is 11.4. The molecule has 0 fully saturated rings. The Bertz CT molecular complexity index is 710. The summed E-state index contributed by atoms with van der Waals surface area (Å²) in [5.74, 6) is -0.0123. The van der Waals surface area contributed by atoms with E-state index in [9.17, 15) is 8.78 Å². The largest absolute Gasteiger partial charge is 0.380 e. The highest BCUT2D eigenvalue weighted by molar-refractivity contribution is 14.0. The number of benzene rings is 2. The molecule has 0 heterocycles. The molecule has 7 heteroatoms. The van der Waals surface area contributed by atoms with Gasteiger partial charge in [0.25, 0.3) is 0 Å². The summed E-state index contributed by atoms with van der Waals surface area (Å²) in [4.78, 5) is 4.10. The van der Waals surface area contributed by atoms with Crippen molar-refractivity contribution in [1.29, 1.82) is 0 Å². The van der Waals surface area contributed by atoms with E-state index >= 15 is 0 Å². The lowest BCUT2D eigenvalue weighted by molar-refractivity contribution is 0.181. The van der Waals surface area contributed by atoms with Gasteiger partial charge in [-0.1, -0.05) is 24.3 Å². The zero-order chi connectivity index (χ0) is 17.4. The minimum atomic E-state index is -0.289. The maximum Gasteiger partial charge on any atom is 0.191 e. The summed E-state index contributed by atoms with van der Waals surface area (Å²) < 4.78 is 32.2. The number of guanidine groups is 1. The number of methoxy groups -OCH3 is 1. The van der Waals surface area contributed by atoms with Crippen LogP contribution in [0.1, 0.15) is 16.7 Å². The van der Waals surface area contributed by atoms with Crippen LogP contribution in [-0.2, 0) is 24.4 Å². The highest BCUT2D eigenvalue weighted by Gasteiger charge is 2.05. The number of halogens is 3. The first-order valence-corrected chi connectivity index (χ1v) is 7.58. The van der Waals surface area contributed by atoms with E-state index < -0.39 is 0 Å². The number of ether oxygens (including phenoxy) is 1. The van der Waals surface area contributed by atoms with Gasteiger partial charge in [0.2, 0.25) is 0 Å². The van der Waals surface area contributed by atoms with E-state index in [4.69, 9.17) is 4.74 Å². The summed E-state index contributed by atoms with van der Waals surface area (Å²) in [6.07, 6.45) is 0. The van der Waals surface area contributed by atoms with Crippen LogP contribution < -0.4 is 10.6 Å². The number of hydrogen-bond donors (Lipinski definition) is 2. The number of rotatable bonds is 6. The summed E-state index contributed by atoms with van der Waals surface area (Å²) in [6.45, 7) is 1.01.